The number of esters is 1. The van der Waals surface area contributed by atoms with Crippen LogP contribution in [0.25, 0.3) is 10.9 Å². The number of ether oxygens (including phenoxy) is 1. The van der Waals surface area contributed by atoms with Crippen molar-refractivity contribution >= 4 is 28.7 Å². The Kier molecular flexibility index (Phi) is 5.52. The minimum Gasteiger partial charge on any atom is -0.452 e. The number of aromatic nitrogens is 1. The van der Waals surface area contributed by atoms with E-state index < -0.39 is 24.4 Å². The molecule has 2 amide bonds. The van der Waals surface area contributed by atoms with Crippen molar-refractivity contribution in [2.24, 2.45) is 5.92 Å². The smallest absolute Gasteiger partial charge is 0.338 e. The molecule has 0 spiro atoms. The Balaban J connectivity index is 1.34. The van der Waals surface area contributed by atoms with Crippen LogP contribution in [0.15, 0.2) is 48.5 Å². The molecule has 7 heteroatoms. The van der Waals surface area contributed by atoms with Crippen LogP contribution in [0, 0.1) is 5.92 Å². The number of aryl methyl sites for hydroxylation is 1. The molecule has 1 aromatic heterocycles. The van der Waals surface area contributed by atoms with Crippen molar-refractivity contribution in [1.29, 1.82) is 0 Å². The molecular weight excluding hydrogens is 382 g/mol. The molecule has 0 radical (unpaired) electrons. The first-order valence-corrected chi connectivity index (χ1v) is 9.96. The number of fused-ring (bicyclic) bond motifs is 3. The van der Waals surface area contributed by atoms with Gasteiger partial charge in [0.25, 0.3) is 11.8 Å². The third-order valence-electron chi connectivity index (χ3n) is 5.36. The van der Waals surface area contributed by atoms with Crippen molar-refractivity contribution in [3.8, 4) is 0 Å². The van der Waals surface area contributed by atoms with E-state index in [0.717, 1.165) is 30.2 Å². The number of carbonyl (C=O) groups excluding carboxylic acids is 3. The van der Waals surface area contributed by atoms with Gasteiger partial charge in [0.05, 0.1) is 5.56 Å². The molecule has 4 rings (SSSR count). The molecule has 1 unspecified atom stereocenters. The Hall–Kier alpha value is -3.61. The zero-order chi connectivity index (χ0) is 21.1. The van der Waals surface area contributed by atoms with Gasteiger partial charge in [-0.2, -0.15) is 0 Å². The van der Waals surface area contributed by atoms with E-state index in [0.29, 0.717) is 17.0 Å². The molecule has 3 N–H and O–H groups in total. The van der Waals surface area contributed by atoms with Gasteiger partial charge in [0.2, 0.25) is 0 Å². The van der Waals surface area contributed by atoms with Crippen LogP contribution in [0.5, 0.6) is 0 Å². The summed E-state index contributed by atoms with van der Waals surface area (Å²) in [7, 11) is 0. The van der Waals surface area contributed by atoms with E-state index in [-0.39, 0.29) is 0 Å². The number of hydrogen-bond donors (Lipinski definition) is 3. The Morgan fingerprint density at radius 1 is 1.07 bits per heavy atom. The summed E-state index contributed by atoms with van der Waals surface area (Å²) in [6.07, 6.45) is 3.15. The molecule has 0 saturated heterocycles. The van der Waals surface area contributed by atoms with Crippen molar-refractivity contribution in [1.82, 2.24) is 15.8 Å². The number of rotatable bonds is 4. The zero-order valence-corrected chi connectivity index (χ0v) is 16.7. The van der Waals surface area contributed by atoms with Gasteiger partial charge in [-0.05, 0) is 61.1 Å². The second-order valence-electron chi connectivity index (χ2n) is 7.63. The summed E-state index contributed by atoms with van der Waals surface area (Å²) in [5.41, 5.74) is 8.84. The van der Waals surface area contributed by atoms with Gasteiger partial charge in [-0.25, -0.2) is 4.79 Å². The molecule has 1 atom stereocenters. The fourth-order valence-corrected chi connectivity index (χ4v) is 3.76. The van der Waals surface area contributed by atoms with Gasteiger partial charge in [-0.1, -0.05) is 25.1 Å². The van der Waals surface area contributed by atoms with Gasteiger partial charge in [-0.15, -0.1) is 0 Å². The third kappa shape index (κ3) is 4.20. The summed E-state index contributed by atoms with van der Waals surface area (Å²) in [4.78, 5) is 39.7. The average Bonchev–Trinajstić information content (AvgIpc) is 3.13. The van der Waals surface area contributed by atoms with Crippen LogP contribution >= 0.6 is 0 Å². The quantitative estimate of drug-likeness (QED) is 0.459. The van der Waals surface area contributed by atoms with E-state index >= 15 is 0 Å². The van der Waals surface area contributed by atoms with Crippen molar-refractivity contribution in [3.05, 3.63) is 70.9 Å². The van der Waals surface area contributed by atoms with E-state index in [2.05, 4.69) is 22.8 Å². The van der Waals surface area contributed by atoms with Crippen LogP contribution in [-0.4, -0.2) is 29.4 Å². The summed E-state index contributed by atoms with van der Waals surface area (Å²) in [6, 6.07) is 13.8. The lowest BCUT2D eigenvalue weighted by molar-refractivity contribution is -0.125. The summed E-state index contributed by atoms with van der Waals surface area (Å²) >= 11 is 0. The van der Waals surface area contributed by atoms with Gasteiger partial charge in [0.1, 0.15) is 0 Å². The van der Waals surface area contributed by atoms with E-state index in [4.69, 9.17) is 4.74 Å². The first kappa shape index (κ1) is 19.7. The molecule has 7 nitrogen and oxygen atoms in total. The largest absolute Gasteiger partial charge is 0.452 e. The van der Waals surface area contributed by atoms with Crippen molar-refractivity contribution < 1.29 is 19.1 Å². The van der Waals surface area contributed by atoms with Crippen LogP contribution in [0.4, 0.5) is 0 Å². The lowest BCUT2D eigenvalue weighted by atomic mass is 9.87. The fourth-order valence-electron chi connectivity index (χ4n) is 3.76. The van der Waals surface area contributed by atoms with Crippen LogP contribution in [0.1, 0.15) is 45.3 Å². The SMILES string of the molecule is CC1CCc2[nH]c3ccc(C(=O)OCC(=O)NNC(=O)c4ccccc4)cc3c2C1. The average molecular weight is 405 g/mol. The molecular formula is C23H23N3O4. The number of amides is 2. The minimum atomic E-state index is -0.624. The van der Waals surface area contributed by atoms with Crippen LogP contribution in [0.3, 0.4) is 0 Å². The van der Waals surface area contributed by atoms with Gasteiger partial charge >= 0.3 is 5.97 Å². The molecule has 0 saturated carbocycles. The highest BCUT2D eigenvalue weighted by Crippen LogP contribution is 2.32. The zero-order valence-electron chi connectivity index (χ0n) is 16.7. The maximum atomic E-state index is 12.4. The molecule has 1 aliphatic carbocycles. The molecule has 154 valence electrons. The lowest BCUT2D eigenvalue weighted by Crippen LogP contribution is -2.43. The molecule has 3 aromatic rings. The summed E-state index contributed by atoms with van der Waals surface area (Å²) < 4.78 is 5.11. The maximum absolute atomic E-state index is 12.4. The monoisotopic (exact) mass is 405 g/mol. The highest BCUT2D eigenvalue weighted by Gasteiger charge is 2.21. The first-order valence-electron chi connectivity index (χ1n) is 9.96. The van der Waals surface area contributed by atoms with Crippen molar-refractivity contribution in [2.75, 3.05) is 6.61 Å². The Morgan fingerprint density at radius 3 is 2.67 bits per heavy atom. The molecule has 0 bridgehead atoms. The molecule has 30 heavy (non-hydrogen) atoms. The van der Waals surface area contributed by atoms with Crippen LogP contribution in [0.2, 0.25) is 0 Å². The lowest BCUT2D eigenvalue weighted by Gasteiger charge is -2.18. The van der Waals surface area contributed by atoms with E-state index in [1.165, 1.54) is 11.3 Å². The third-order valence-corrected chi connectivity index (χ3v) is 5.36. The standard InChI is InChI=1S/C23H23N3O4/c1-14-7-9-19-17(11-14)18-12-16(8-10-20(18)24-19)23(29)30-13-21(27)25-26-22(28)15-5-3-2-4-6-15/h2-6,8,10,12,14,24H,7,9,11,13H2,1H3,(H,25,27)(H,26,28). The number of hydrazine groups is 1. The molecule has 0 fully saturated rings. The predicted molar refractivity (Wildman–Crippen MR) is 112 cm³/mol. The molecule has 1 aliphatic rings. The fraction of sp³-hybridized carbons (Fsp3) is 0.261. The highest BCUT2D eigenvalue weighted by molar-refractivity contribution is 5.98. The van der Waals surface area contributed by atoms with Crippen molar-refractivity contribution in [2.45, 2.75) is 26.2 Å². The number of carbonyl (C=O) groups is 3. The van der Waals surface area contributed by atoms with Gasteiger partial charge in [0.15, 0.2) is 6.61 Å². The summed E-state index contributed by atoms with van der Waals surface area (Å²) in [6.45, 7) is 1.74. The number of hydrogen-bond acceptors (Lipinski definition) is 4. The van der Waals surface area contributed by atoms with Crippen molar-refractivity contribution in [3.63, 3.8) is 0 Å². The Bertz CT molecular complexity index is 1100. The highest BCUT2D eigenvalue weighted by atomic mass is 16.5. The van der Waals surface area contributed by atoms with E-state index in [1.807, 2.05) is 12.1 Å². The minimum absolute atomic E-state index is 0.392. The van der Waals surface area contributed by atoms with Crippen LogP contribution < -0.4 is 10.9 Å². The normalized spacial score (nSPS) is 15.3. The number of H-pyrrole nitrogens is 1. The number of aromatic amines is 1. The summed E-state index contributed by atoms with van der Waals surface area (Å²) in [5, 5.41) is 1.03. The van der Waals surface area contributed by atoms with E-state index in [9.17, 15) is 14.4 Å². The molecule has 0 aliphatic heterocycles. The van der Waals surface area contributed by atoms with Gasteiger partial charge in [-0.3, -0.25) is 20.4 Å². The molecule has 1 heterocycles. The number of benzene rings is 2. The van der Waals surface area contributed by atoms with Gasteiger partial charge < -0.3 is 9.72 Å². The van der Waals surface area contributed by atoms with Crippen LogP contribution in [-0.2, 0) is 22.4 Å². The van der Waals surface area contributed by atoms with E-state index in [1.54, 1.807) is 36.4 Å². The number of nitrogens with one attached hydrogen (secondary N) is 3. The second-order valence-corrected chi connectivity index (χ2v) is 7.63. The maximum Gasteiger partial charge on any atom is 0.338 e. The predicted octanol–water partition coefficient (Wildman–Crippen LogP) is 2.91. The summed E-state index contributed by atoms with van der Waals surface area (Å²) in [5.74, 6) is -1.05. The molecule has 2 aromatic carbocycles. The Labute approximate surface area is 173 Å². The van der Waals surface area contributed by atoms with Gasteiger partial charge in [0, 0.05) is 22.2 Å². The topological polar surface area (TPSA) is 100 Å². The second kappa shape index (κ2) is 8.41. The first-order chi connectivity index (χ1) is 14.5. The Morgan fingerprint density at radius 2 is 1.87 bits per heavy atom.